The summed E-state index contributed by atoms with van der Waals surface area (Å²) in [5.41, 5.74) is 3.74. The Kier molecular flexibility index (Phi) is 12.9. The van der Waals surface area contributed by atoms with Gasteiger partial charge in [-0.15, -0.1) is 0 Å². The number of hydrogen-bond donors (Lipinski definition) is 2. The molecule has 0 spiro atoms. The lowest BCUT2D eigenvalue weighted by Crippen LogP contribution is -2.53. The van der Waals surface area contributed by atoms with Crippen LogP contribution in [0.5, 0.6) is 0 Å². The smallest absolute Gasteiger partial charge is 0.251 e. The number of pyridine rings is 2. The molecule has 60 heavy (non-hydrogen) atoms. The van der Waals surface area contributed by atoms with Crippen LogP contribution in [0.1, 0.15) is 71.0 Å². The third-order valence-electron chi connectivity index (χ3n) is 11.4. The van der Waals surface area contributed by atoms with E-state index < -0.39 is 24.2 Å². The van der Waals surface area contributed by atoms with Gasteiger partial charge in [0.15, 0.2) is 11.6 Å². The molecule has 2 aromatic carbocycles. The molecule has 8 rings (SSSR count). The molecule has 2 N–H and O–H groups in total. The molecule has 0 aliphatic carbocycles. The van der Waals surface area contributed by atoms with Gasteiger partial charge in [0.1, 0.15) is 37.4 Å². The van der Waals surface area contributed by atoms with E-state index in [1.165, 1.54) is 0 Å². The van der Waals surface area contributed by atoms with E-state index in [1.807, 2.05) is 30.3 Å². The summed E-state index contributed by atoms with van der Waals surface area (Å²) in [6.07, 6.45) is 8.05. The number of carbonyl (C=O) groups is 6. The normalized spacial score (nSPS) is 21.6. The number of nitrogens with zero attached hydrogens (tertiary/aromatic N) is 4. The number of nitrogens with one attached hydrogen (secondary N) is 2. The number of Topliss-reactive ketones (excluding diaryl/α,β-unsaturated/α-hetero) is 2. The average Bonchev–Trinajstić information content (AvgIpc) is 4.06. The number of amides is 4. The highest BCUT2D eigenvalue weighted by Crippen LogP contribution is 2.29. The Morgan fingerprint density at radius 1 is 0.650 bits per heavy atom. The molecule has 4 aromatic rings. The van der Waals surface area contributed by atoms with Crippen LogP contribution in [0, 0.1) is 0 Å². The van der Waals surface area contributed by atoms with Crippen molar-refractivity contribution in [2.24, 2.45) is 0 Å². The molecule has 4 aliphatic heterocycles. The Bertz CT molecular complexity index is 2180. The van der Waals surface area contributed by atoms with Gasteiger partial charge in [0.05, 0.1) is 12.2 Å². The third kappa shape index (κ3) is 9.67. The van der Waals surface area contributed by atoms with Crippen LogP contribution >= 0.6 is 0 Å². The molecular weight excluding hydrogens is 765 g/mol. The Labute approximate surface area is 349 Å². The van der Waals surface area contributed by atoms with Crippen molar-refractivity contribution in [3.8, 4) is 0 Å². The Hall–Kier alpha value is -6.12. The molecule has 4 amide bonds. The monoisotopic (exact) mass is 814 g/mol. The topological polar surface area (TPSA) is 177 Å². The highest BCUT2D eigenvalue weighted by molar-refractivity contribution is 6.00. The van der Waals surface area contributed by atoms with E-state index >= 15 is 0 Å². The predicted molar refractivity (Wildman–Crippen MR) is 220 cm³/mol. The minimum Gasteiger partial charge on any atom is -0.368 e. The van der Waals surface area contributed by atoms with Crippen LogP contribution in [-0.4, -0.2) is 118 Å². The third-order valence-corrected chi connectivity index (χ3v) is 11.4. The van der Waals surface area contributed by atoms with Gasteiger partial charge in [0, 0.05) is 61.8 Å². The van der Waals surface area contributed by atoms with E-state index in [-0.39, 0.29) is 66.0 Å². The van der Waals surface area contributed by atoms with Crippen LogP contribution in [0.2, 0.25) is 0 Å². The highest BCUT2D eigenvalue weighted by atomic mass is 16.5. The number of fused-ring (bicyclic) bond motifs is 2. The molecule has 2 aromatic heterocycles. The van der Waals surface area contributed by atoms with Crippen LogP contribution in [0.3, 0.4) is 0 Å². The zero-order chi connectivity index (χ0) is 42.4. The fraction of sp³-hybridized carbons (Fsp3) is 0.391. The fourth-order valence-corrected chi connectivity index (χ4v) is 8.19. The van der Waals surface area contributed by atoms with Gasteiger partial charge in [-0.1, -0.05) is 63.2 Å². The lowest BCUT2D eigenvalue weighted by atomic mass is 9.86. The standard InChI is InChI=1S/C25H29N3O4.C21H21N3O4/c1-25(2,3)18-8-6-17(7-9-18)23(30)27-19(13-16-5-4-11-26-14-16)24(31)28-12-10-21-22(28)20(29)15-32-21;25-17-13-28-18-8-10-24(19(17)18)21(27)16(11-14-5-4-9-22-12-14)23-20(26)15-6-2-1-3-7-15/h4-9,11,14,19,21-22H,10,12-13,15H2,1-3H3,(H,27,30);1-7,9,12,16,18-19H,8,10-11,13H2,(H,23,26). The van der Waals surface area contributed by atoms with Gasteiger partial charge in [0.2, 0.25) is 11.8 Å². The van der Waals surface area contributed by atoms with E-state index in [9.17, 15) is 28.8 Å². The van der Waals surface area contributed by atoms with Crippen LogP contribution in [0.25, 0.3) is 0 Å². The zero-order valence-electron chi connectivity index (χ0n) is 34.0. The summed E-state index contributed by atoms with van der Waals surface area (Å²) in [4.78, 5) is 88.3. The molecule has 14 heteroatoms. The molecule has 4 fully saturated rings. The maximum atomic E-state index is 13.5. The first-order chi connectivity index (χ1) is 28.9. The Morgan fingerprint density at radius 2 is 1.10 bits per heavy atom. The lowest BCUT2D eigenvalue weighted by molar-refractivity contribution is -0.138. The van der Waals surface area contributed by atoms with Crippen molar-refractivity contribution in [2.45, 2.75) is 88.2 Å². The molecule has 6 unspecified atom stereocenters. The number of likely N-dealkylation sites (tertiary alicyclic amines) is 2. The van der Waals surface area contributed by atoms with Crippen molar-refractivity contribution in [3.63, 3.8) is 0 Å². The number of ether oxygens (including phenoxy) is 2. The fourth-order valence-electron chi connectivity index (χ4n) is 8.19. The van der Waals surface area contributed by atoms with Crippen molar-refractivity contribution >= 4 is 35.2 Å². The number of hydrogen-bond acceptors (Lipinski definition) is 10. The molecule has 0 radical (unpaired) electrons. The number of carbonyl (C=O) groups excluding carboxylic acids is 6. The second-order valence-corrected chi connectivity index (χ2v) is 16.5. The van der Waals surface area contributed by atoms with Crippen LogP contribution in [0.4, 0.5) is 0 Å². The van der Waals surface area contributed by atoms with Crippen molar-refractivity contribution in [2.75, 3.05) is 26.3 Å². The van der Waals surface area contributed by atoms with Gasteiger partial charge < -0.3 is 29.9 Å². The van der Waals surface area contributed by atoms with Gasteiger partial charge in [-0.2, -0.15) is 0 Å². The second kappa shape index (κ2) is 18.4. The Morgan fingerprint density at radius 3 is 1.52 bits per heavy atom. The largest absolute Gasteiger partial charge is 0.368 e. The summed E-state index contributed by atoms with van der Waals surface area (Å²) in [6, 6.07) is 20.8. The highest BCUT2D eigenvalue weighted by Gasteiger charge is 2.49. The zero-order valence-corrected chi connectivity index (χ0v) is 34.0. The van der Waals surface area contributed by atoms with Crippen LogP contribution in [-0.2, 0) is 46.9 Å². The molecule has 6 atom stereocenters. The molecule has 4 saturated heterocycles. The van der Waals surface area contributed by atoms with Crippen molar-refractivity contribution in [3.05, 3.63) is 131 Å². The summed E-state index contributed by atoms with van der Waals surface area (Å²) in [5, 5.41) is 5.74. The number of rotatable bonds is 10. The molecule has 4 aliphatic rings. The molecule has 6 heterocycles. The quantitative estimate of drug-likeness (QED) is 0.242. The van der Waals surface area contributed by atoms with Gasteiger partial charge >= 0.3 is 0 Å². The summed E-state index contributed by atoms with van der Waals surface area (Å²) in [6.45, 7) is 7.32. The van der Waals surface area contributed by atoms with Gasteiger partial charge in [-0.05, 0) is 71.3 Å². The van der Waals surface area contributed by atoms with Crippen LogP contribution < -0.4 is 10.6 Å². The minimum atomic E-state index is -0.804. The summed E-state index contributed by atoms with van der Waals surface area (Å²) in [5.74, 6) is -1.33. The average molecular weight is 815 g/mol. The summed E-state index contributed by atoms with van der Waals surface area (Å²) >= 11 is 0. The molecule has 312 valence electrons. The van der Waals surface area contributed by atoms with E-state index in [0.717, 1.165) is 16.7 Å². The molecule has 0 saturated carbocycles. The van der Waals surface area contributed by atoms with Gasteiger partial charge in [-0.25, -0.2) is 0 Å². The molecular formula is C46H50N6O8. The molecule has 0 bridgehead atoms. The number of benzene rings is 2. The van der Waals surface area contributed by atoms with E-state index in [0.29, 0.717) is 49.9 Å². The van der Waals surface area contributed by atoms with E-state index in [2.05, 4.69) is 41.4 Å². The first-order valence-corrected chi connectivity index (χ1v) is 20.3. The van der Waals surface area contributed by atoms with Gasteiger partial charge in [0.25, 0.3) is 11.8 Å². The maximum Gasteiger partial charge on any atom is 0.251 e. The predicted octanol–water partition coefficient (Wildman–Crippen LogP) is 3.28. The minimum absolute atomic E-state index is 0.0179. The van der Waals surface area contributed by atoms with Crippen molar-refractivity contribution in [1.29, 1.82) is 0 Å². The number of ketones is 2. The first kappa shape index (κ1) is 42.0. The molecule has 14 nitrogen and oxygen atoms in total. The lowest BCUT2D eigenvalue weighted by Gasteiger charge is -2.27. The SMILES string of the molecule is CC(C)(C)c1ccc(C(=O)NC(Cc2cccnc2)C(=O)N2CCC3OCC(=O)C32)cc1.O=C(NC(Cc1cccnc1)C(=O)N1CCC2OCC(=O)C21)c1ccccc1. The van der Waals surface area contributed by atoms with E-state index in [4.69, 9.17) is 9.47 Å². The maximum absolute atomic E-state index is 13.5. The first-order valence-electron chi connectivity index (χ1n) is 20.3. The Balaban J connectivity index is 0.000000183. The summed E-state index contributed by atoms with van der Waals surface area (Å²) in [7, 11) is 0. The van der Waals surface area contributed by atoms with Crippen molar-refractivity contribution in [1.82, 2.24) is 30.4 Å². The van der Waals surface area contributed by atoms with Crippen molar-refractivity contribution < 1.29 is 38.2 Å². The van der Waals surface area contributed by atoms with E-state index in [1.54, 1.807) is 83.1 Å². The number of aromatic nitrogens is 2. The van der Waals surface area contributed by atoms with Gasteiger partial charge in [-0.3, -0.25) is 38.7 Å². The summed E-state index contributed by atoms with van der Waals surface area (Å²) < 4.78 is 11.0. The second-order valence-electron chi connectivity index (χ2n) is 16.5. The van der Waals surface area contributed by atoms with Crippen LogP contribution in [0.15, 0.2) is 104 Å².